The minimum atomic E-state index is -4.35. The smallest absolute Gasteiger partial charge is 0.476 e. The number of aliphatic hydroxyl groups excluding tert-OH is 2. The average molecular weight is 1790 g/mol. The molecule has 3 N–H and O–H groups in total. The maximum Gasteiger partial charge on any atom is 0.586 e. The molecule has 25 nitrogen and oxygen atoms in total. The highest BCUT2D eigenvalue weighted by atomic mass is 35.5. The molecule has 9 aromatic carbocycles. The third-order valence-corrected chi connectivity index (χ3v) is 24.7. The summed E-state index contributed by atoms with van der Waals surface area (Å²) in [6.45, 7) is 8.62. The maximum atomic E-state index is 15.3. The lowest BCUT2D eigenvalue weighted by Gasteiger charge is -2.21. The lowest BCUT2D eigenvalue weighted by atomic mass is 9.93. The van der Waals surface area contributed by atoms with Crippen LogP contribution in [-0.2, 0) is 63.6 Å². The number of aliphatic hydroxyl groups is 2. The summed E-state index contributed by atoms with van der Waals surface area (Å²) in [4.78, 5) is 27.2. The quantitative estimate of drug-likeness (QED) is 0.0223. The van der Waals surface area contributed by atoms with Crippen molar-refractivity contribution in [3.63, 3.8) is 0 Å². The standard InChI is InChI=1S/C32H22F5N5O7S.C31H22F5N3O8S.C19H15N2P.CH2Cl2/c1-15-39-28(17-5-7-24-25(10-17)49-32(36,37)48-24)29(47-15)20-8-16(18-9-22(33)21(13-43)26(11-18)50(3,44)45)4-6-19(20)23-12-27(41-42(23)2)31(34,35)30-40-38-14-46-30;1-14-37-27(16-5-7-23-24(10-16)47-31(35,36)46-23)28(45-14)19-8-15(17-9-21(32)20(13-40)25(11-17)48(3,43)44)4-6-18(19)22-12-26(38-39(22)2)30(33,34)29(41)42;1-20-21-22(17-11-5-2-6-12-17,18-13-7-3-8-14-18)19-15-9-4-10-16-19;2-1-3/h4-12,14,43H,13H2,1-3H3;4-12,40H,13H2,1-3H3,(H,41,42);2-16H;1H2. The Labute approximate surface area is 701 Å². The Morgan fingerprint density at radius 2 is 0.919 bits per heavy atom. The molecule has 0 spiro atoms. The van der Waals surface area contributed by atoms with E-state index in [2.05, 4.69) is 95.5 Å². The number of alkyl halides is 10. The van der Waals surface area contributed by atoms with Gasteiger partial charge in [-0.2, -0.15) is 34.3 Å². The fourth-order valence-electron chi connectivity index (χ4n) is 13.5. The van der Waals surface area contributed by atoms with Gasteiger partial charge in [-0.1, -0.05) is 115 Å². The minimum Gasteiger partial charge on any atom is -0.476 e. The zero-order valence-electron chi connectivity index (χ0n) is 64.3. The highest BCUT2D eigenvalue weighted by molar-refractivity contribution is 7.91. The second-order valence-electron chi connectivity index (χ2n) is 26.9. The van der Waals surface area contributed by atoms with Crippen LogP contribution < -0.4 is 34.9 Å². The van der Waals surface area contributed by atoms with E-state index in [-0.39, 0.29) is 130 Å². The summed E-state index contributed by atoms with van der Waals surface area (Å²) in [7, 11) is -7.61. The van der Waals surface area contributed by atoms with Crippen molar-refractivity contribution < 1.29 is 113 Å². The van der Waals surface area contributed by atoms with Crippen LogP contribution in [0.3, 0.4) is 0 Å². The summed E-state index contributed by atoms with van der Waals surface area (Å²) in [5.41, 5.74) is -0.647. The summed E-state index contributed by atoms with van der Waals surface area (Å²) >= 11 is 9.53. The summed E-state index contributed by atoms with van der Waals surface area (Å²) in [5.74, 6) is -14.4. The molecule has 16 rings (SSSR count). The van der Waals surface area contributed by atoms with Crippen LogP contribution in [0.2, 0.25) is 0 Å². The van der Waals surface area contributed by atoms with Gasteiger partial charge in [0.1, 0.15) is 41.5 Å². The molecule has 40 heteroatoms. The Bertz CT molecular complexity index is 6640. The zero-order chi connectivity index (χ0) is 88.6. The van der Waals surface area contributed by atoms with Gasteiger partial charge in [-0.3, -0.25) is 9.36 Å². The number of aryl methyl sites for hydroxylation is 4. The first-order chi connectivity index (χ1) is 58.2. The number of hydrogen-bond acceptors (Lipinski definition) is 21. The monoisotopic (exact) mass is 1790 g/mol. The number of rotatable bonds is 19. The molecule has 0 saturated heterocycles. The van der Waals surface area contributed by atoms with E-state index in [4.69, 9.17) is 48.1 Å². The first-order valence-electron chi connectivity index (χ1n) is 35.7. The van der Waals surface area contributed by atoms with Gasteiger partial charge in [-0.15, -0.1) is 55.9 Å². The highest BCUT2D eigenvalue weighted by Gasteiger charge is 2.48. The number of ether oxygens (including phenoxy) is 4. The minimum absolute atomic E-state index is 0.0172. The molecule has 0 aliphatic carbocycles. The van der Waals surface area contributed by atoms with Gasteiger partial charge in [0.05, 0.1) is 44.6 Å². The van der Waals surface area contributed by atoms with Crippen molar-refractivity contribution in [3.8, 4) is 113 Å². The van der Waals surface area contributed by atoms with Crippen molar-refractivity contribution in [1.29, 1.82) is 0 Å². The number of sulfone groups is 2. The Hall–Kier alpha value is -13.0. The molecule has 0 amide bonds. The number of carboxylic acids is 1. The summed E-state index contributed by atoms with van der Waals surface area (Å²) in [5, 5.41) is 46.2. The molecule has 2 aliphatic heterocycles. The van der Waals surface area contributed by atoms with Gasteiger partial charge < -0.3 is 47.5 Å². The van der Waals surface area contributed by atoms with E-state index >= 15 is 17.6 Å². The average Bonchev–Trinajstić information content (AvgIpc) is 1.67. The van der Waals surface area contributed by atoms with Crippen LogP contribution in [0.25, 0.3) is 94.9 Å². The zero-order valence-corrected chi connectivity index (χ0v) is 68.3. The van der Waals surface area contributed by atoms with Gasteiger partial charge in [-0.25, -0.2) is 40.4 Å². The van der Waals surface area contributed by atoms with Crippen LogP contribution in [0.4, 0.5) is 43.9 Å². The number of aliphatic carboxylic acids is 1. The number of benzene rings is 9. The predicted octanol–water partition coefficient (Wildman–Crippen LogP) is 17.6. The molecule has 5 aromatic heterocycles. The number of carbonyl (C=O) groups is 1. The van der Waals surface area contributed by atoms with Crippen molar-refractivity contribution in [2.75, 3.05) is 17.9 Å². The van der Waals surface area contributed by atoms with Crippen LogP contribution in [-0.4, -0.2) is 108 Å². The normalized spacial score (nSPS) is 13.2. The Morgan fingerprint density at radius 3 is 1.28 bits per heavy atom. The first kappa shape index (κ1) is 87.9. The van der Waals surface area contributed by atoms with Crippen LogP contribution >= 0.6 is 30.3 Å². The Balaban J connectivity index is 0.000000167. The second kappa shape index (κ2) is 34.5. The molecule has 0 saturated carbocycles. The molecule has 0 unspecified atom stereocenters. The lowest BCUT2D eigenvalue weighted by molar-refractivity contribution is -0.287. The summed E-state index contributed by atoms with van der Waals surface area (Å²) in [6.07, 6.45) is -5.34. The third-order valence-electron chi connectivity index (χ3n) is 18.9. The van der Waals surface area contributed by atoms with Gasteiger partial charge in [0.2, 0.25) is 6.39 Å². The lowest BCUT2D eigenvalue weighted by Crippen LogP contribution is -2.26. The van der Waals surface area contributed by atoms with Crippen molar-refractivity contribution in [2.45, 2.75) is 61.3 Å². The van der Waals surface area contributed by atoms with Gasteiger partial charge in [0.25, 0.3) is 5.89 Å². The summed E-state index contributed by atoms with van der Waals surface area (Å²) in [6, 6.07) is 53.3. The molecule has 0 fully saturated rings. The van der Waals surface area contributed by atoms with Gasteiger partial charge in [0.15, 0.2) is 66.0 Å². The van der Waals surface area contributed by atoms with Crippen LogP contribution in [0.5, 0.6) is 23.0 Å². The SMILES string of the molecule is Cc1nc(-c2ccc3c(c2)OC(F)(F)O3)c(-c2cc(-c3cc(F)c(CO)c(S(C)(=O)=O)c3)ccc2-c2cc(C(F)(F)C(=O)O)nn2C)o1.Cc1nc(-c2ccc3c(c2)OC(F)(F)O3)c(-c2cc(-c3cc(F)c(CO)c(S(C)(=O)=O)c3)ccc2-c2cc(C(F)(F)c3nnco3)nn2C)o1.ClCCl.[C-]#[N+]N=P(c1ccccc1)(c1ccccc1)c1ccccc1. The van der Waals surface area contributed by atoms with E-state index in [0.29, 0.717) is 0 Å². The van der Waals surface area contributed by atoms with Crippen LogP contribution in [0.15, 0.2) is 234 Å². The molecule has 123 heavy (non-hydrogen) atoms. The maximum absolute atomic E-state index is 15.3. The molecule has 0 bridgehead atoms. The molecule has 0 radical (unpaired) electrons. The Kier molecular flexibility index (Phi) is 24.7. The second-order valence-corrected chi connectivity index (χ2v) is 34.7. The van der Waals surface area contributed by atoms with Gasteiger partial charge >= 0.3 is 30.4 Å². The largest absolute Gasteiger partial charge is 0.586 e. The van der Waals surface area contributed by atoms with Gasteiger partial charge in [0, 0.05) is 101 Å². The van der Waals surface area contributed by atoms with Gasteiger partial charge in [-0.05, 0) is 107 Å². The molecular weight excluding hydrogens is 1730 g/mol. The number of halogens is 12. The number of oxazole rings is 2. The fraction of sp³-hybridized carbons (Fsp3) is 0.157. The fourth-order valence-corrected chi connectivity index (χ4v) is 18.5. The van der Waals surface area contributed by atoms with E-state index in [0.717, 1.165) is 69.8 Å². The molecule has 634 valence electrons. The van der Waals surface area contributed by atoms with Crippen LogP contribution in [0, 0.1) is 32.1 Å². The van der Waals surface area contributed by atoms with Crippen molar-refractivity contribution in [3.05, 3.63) is 270 Å². The number of fused-ring (bicyclic) bond motifs is 2. The van der Waals surface area contributed by atoms with Crippen molar-refractivity contribution >= 4 is 71.8 Å². The molecule has 0 atom stereocenters. The number of hydrogen-bond donors (Lipinski definition) is 3. The molecular formula is C83H61Cl2F10N10O15PS2. The van der Waals surface area contributed by atoms with E-state index in [1.807, 2.05) is 54.6 Å². The van der Waals surface area contributed by atoms with E-state index in [9.17, 15) is 58.2 Å². The number of aromatic nitrogens is 8. The van der Waals surface area contributed by atoms with E-state index in [1.165, 1.54) is 111 Å². The molecule has 2 aliphatic rings. The van der Waals surface area contributed by atoms with Crippen molar-refractivity contribution in [1.82, 2.24) is 39.7 Å². The third kappa shape index (κ3) is 17.9. The van der Waals surface area contributed by atoms with Crippen molar-refractivity contribution in [2.24, 2.45) is 18.9 Å². The number of carboxylic acid groups (broad SMARTS) is 1. The topological polar surface area (TPSA) is 326 Å². The first-order valence-corrected chi connectivity index (χ1v) is 42.3. The van der Waals surface area contributed by atoms with E-state index in [1.54, 1.807) is 0 Å². The van der Waals surface area contributed by atoms with E-state index < -0.39 is 120 Å². The summed E-state index contributed by atoms with van der Waals surface area (Å²) < 4.78 is 232. The predicted molar refractivity (Wildman–Crippen MR) is 429 cm³/mol. The molecule has 7 heterocycles. The molecule has 14 aromatic rings. The highest BCUT2D eigenvalue weighted by Crippen LogP contribution is 2.51. The Morgan fingerprint density at radius 1 is 0.537 bits per heavy atom. The van der Waals surface area contributed by atoms with Crippen LogP contribution in [0.1, 0.15) is 40.2 Å². The number of nitrogens with zero attached hydrogens (tertiary/aromatic N) is 10.